The van der Waals surface area contributed by atoms with Crippen molar-refractivity contribution in [1.29, 1.82) is 5.26 Å². The first-order valence-corrected chi connectivity index (χ1v) is 11.9. The molecule has 1 aliphatic carbocycles. The van der Waals surface area contributed by atoms with Crippen molar-refractivity contribution < 1.29 is 0 Å². The molecule has 31 heavy (non-hydrogen) atoms. The van der Waals surface area contributed by atoms with Gasteiger partial charge in [0.05, 0.1) is 11.6 Å². The zero-order chi connectivity index (χ0) is 21.0. The highest BCUT2D eigenvalue weighted by atomic mass is 15.3. The first-order chi connectivity index (χ1) is 15.3. The predicted octanol–water partition coefficient (Wildman–Crippen LogP) is 3.86. The number of anilines is 1. The minimum absolute atomic E-state index is 0.692. The van der Waals surface area contributed by atoms with E-state index in [0.29, 0.717) is 5.56 Å². The Morgan fingerprint density at radius 1 is 0.903 bits per heavy atom. The molecule has 1 aromatic carbocycles. The molecule has 2 saturated heterocycles. The maximum absolute atomic E-state index is 9.10. The Morgan fingerprint density at radius 2 is 1.65 bits per heavy atom. The fourth-order valence-electron chi connectivity index (χ4n) is 5.44. The van der Waals surface area contributed by atoms with Crippen LogP contribution < -0.4 is 4.90 Å². The number of rotatable bonds is 6. The molecule has 0 radical (unpaired) electrons. The molecule has 1 saturated carbocycles. The monoisotopic (exact) mass is 415 g/mol. The zero-order valence-corrected chi connectivity index (χ0v) is 18.4. The summed E-state index contributed by atoms with van der Waals surface area (Å²) in [5.41, 5.74) is 3.70. The molecule has 0 amide bonds. The number of likely N-dealkylation sites (tertiary alicyclic amines) is 1. The highest BCUT2D eigenvalue weighted by molar-refractivity contribution is 5.45. The minimum atomic E-state index is 0.692. The Balaban J connectivity index is 1.05. The van der Waals surface area contributed by atoms with Gasteiger partial charge < -0.3 is 4.90 Å². The van der Waals surface area contributed by atoms with E-state index in [9.17, 15) is 0 Å². The minimum Gasteiger partial charge on any atom is -0.354 e. The second-order valence-corrected chi connectivity index (χ2v) is 9.56. The second-order valence-electron chi connectivity index (χ2n) is 9.56. The number of piperazine rings is 1. The first kappa shape index (κ1) is 20.5. The molecule has 0 unspecified atom stereocenters. The third kappa shape index (κ3) is 4.92. The number of hydrogen-bond donors (Lipinski definition) is 0. The Hall–Kier alpha value is -2.42. The van der Waals surface area contributed by atoms with E-state index in [1.165, 1.54) is 56.4 Å². The smallest absolute Gasteiger partial charge is 0.129 e. The van der Waals surface area contributed by atoms with Gasteiger partial charge in [0.2, 0.25) is 0 Å². The zero-order valence-electron chi connectivity index (χ0n) is 18.4. The highest BCUT2D eigenvalue weighted by Crippen LogP contribution is 2.42. The lowest BCUT2D eigenvalue weighted by atomic mass is 9.71. The van der Waals surface area contributed by atoms with Gasteiger partial charge in [-0.05, 0) is 73.9 Å². The standard InChI is InChI=1S/C26H33N5/c27-18-22-7-8-28-26(17-22)31-13-11-30(12-14-31)20-23-15-25(16-23)24-5-3-21(4-6-24)19-29-9-1-2-10-29/h3-8,17,23,25H,1-2,9-16,19-20H2/t23-,25-. The topological polar surface area (TPSA) is 46.4 Å². The molecule has 3 aliphatic rings. The quantitative estimate of drug-likeness (QED) is 0.717. The number of nitrogens with zero attached hydrogens (tertiary/aromatic N) is 5. The normalized spacial score (nSPS) is 24.7. The van der Waals surface area contributed by atoms with Gasteiger partial charge >= 0.3 is 0 Å². The van der Waals surface area contributed by atoms with Gasteiger partial charge in [-0.3, -0.25) is 9.80 Å². The van der Waals surface area contributed by atoms with Crippen molar-refractivity contribution in [2.45, 2.75) is 38.1 Å². The van der Waals surface area contributed by atoms with E-state index in [2.05, 4.69) is 50.0 Å². The van der Waals surface area contributed by atoms with Crippen LogP contribution in [0.4, 0.5) is 5.82 Å². The Bertz CT molecular complexity index is 898. The summed E-state index contributed by atoms with van der Waals surface area (Å²) in [6, 6.07) is 15.4. The van der Waals surface area contributed by atoms with E-state index in [0.717, 1.165) is 50.4 Å². The molecule has 1 aromatic heterocycles. The molecule has 0 atom stereocenters. The molecule has 0 N–H and O–H groups in total. The van der Waals surface area contributed by atoms with Crippen molar-refractivity contribution in [3.63, 3.8) is 0 Å². The van der Waals surface area contributed by atoms with Crippen molar-refractivity contribution in [3.8, 4) is 6.07 Å². The Morgan fingerprint density at radius 3 is 2.35 bits per heavy atom. The molecule has 5 nitrogen and oxygen atoms in total. The lowest BCUT2D eigenvalue weighted by Crippen LogP contribution is -2.49. The van der Waals surface area contributed by atoms with Crippen LogP contribution in [-0.2, 0) is 6.54 Å². The van der Waals surface area contributed by atoms with Crippen LogP contribution in [-0.4, -0.2) is 60.6 Å². The molecule has 2 aromatic rings. The van der Waals surface area contributed by atoms with E-state index in [-0.39, 0.29) is 0 Å². The number of aromatic nitrogens is 1. The summed E-state index contributed by atoms with van der Waals surface area (Å²) in [7, 11) is 0. The van der Waals surface area contributed by atoms with E-state index in [4.69, 9.17) is 5.26 Å². The van der Waals surface area contributed by atoms with Crippen LogP contribution in [0.5, 0.6) is 0 Å². The fraction of sp³-hybridized carbons (Fsp3) is 0.538. The summed E-state index contributed by atoms with van der Waals surface area (Å²) in [4.78, 5) is 12.0. The summed E-state index contributed by atoms with van der Waals surface area (Å²) in [5.74, 6) is 2.53. The molecule has 2 aliphatic heterocycles. The van der Waals surface area contributed by atoms with Gasteiger partial charge in [-0.15, -0.1) is 0 Å². The lowest BCUT2D eigenvalue weighted by molar-refractivity contribution is 0.152. The molecular formula is C26H33N5. The van der Waals surface area contributed by atoms with E-state index in [1.54, 1.807) is 12.3 Å². The lowest BCUT2D eigenvalue weighted by Gasteiger charge is -2.42. The maximum atomic E-state index is 9.10. The number of hydrogen-bond acceptors (Lipinski definition) is 5. The van der Waals surface area contributed by atoms with Crippen molar-refractivity contribution >= 4 is 5.82 Å². The fourth-order valence-corrected chi connectivity index (χ4v) is 5.44. The predicted molar refractivity (Wildman–Crippen MR) is 124 cm³/mol. The average Bonchev–Trinajstić information content (AvgIpc) is 3.30. The van der Waals surface area contributed by atoms with Gasteiger partial charge in [-0.25, -0.2) is 4.98 Å². The Kier molecular flexibility index (Phi) is 6.20. The van der Waals surface area contributed by atoms with Crippen LogP contribution in [0.3, 0.4) is 0 Å². The van der Waals surface area contributed by atoms with Crippen LogP contribution in [0.1, 0.15) is 48.3 Å². The molecule has 3 fully saturated rings. The Labute approximate surface area is 186 Å². The number of nitriles is 1. The first-order valence-electron chi connectivity index (χ1n) is 11.9. The number of pyridine rings is 1. The van der Waals surface area contributed by atoms with Crippen LogP contribution in [0.15, 0.2) is 42.6 Å². The summed E-state index contributed by atoms with van der Waals surface area (Å²) in [6.07, 6.45) is 7.13. The van der Waals surface area contributed by atoms with Gasteiger partial charge in [-0.1, -0.05) is 24.3 Å². The van der Waals surface area contributed by atoms with Crippen molar-refractivity contribution in [3.05, 3.63) is 59.3 Å². The summed E-state index contributed by atoms with van der Waals surface area (Å²) in [6.45, 7) is 9.05. The van der Waals surface area contributed by atoms with Gasteiger partial charge in [0.1, 0.15) is 5.82 Å². The molecule has 3 heterocycles. The molecule has 5 heteroatoms. The van der Waals surface area contributed by atoms with Gasteiger partial charge in [0.25, 0.3) is 0 Å². The third-order valence-corrected chi connectivity index (χ3v) is 7.38. The van der Waals surface area contributed by atoms with Crippen LogP contribution >= 0.6 is 0 Å². The number of benzene rings is 1. The van der Waals surface area contributed by atoms with Crippen molar-refractivity contribution in [1.82, 2.24) is 14.8 Å². The van der Waals surface area contributed by atoms with Crippen LogP contribution in [0.2, 0.25) is 0 Å². The molecule has 0 bridgehead atoms. The van der Waals surface area contributed by atoms with E-state index in [1.807, 2.05) is 6.07 Å². The summed E-state index contributed by atoms with van der Waals surface area (Å²) >= 11 is 0. The van der Waals surface area contributed by atoms with E-state index < -0.39 is 0 Å². The summed E-state index contributed by atoms with van der Waals surface area (Å²) < 4.78 is 0. The molecule has 162 valence electrons. The largest absolute Gasteiger partial charge is 0.354 e. The van der Waals surface area contributed by atoms with Gasteiger partial charge in [0, 0.05) is 45.5 Å². The average molecular weight is 416 g/mol. The van der Waals surface area contributed by atoms with Crippen molar-refractivity contribution in [2.24, 2.45) is 5.92 Å². The molecular weight excluding hydrogens is 382 g/mol. The maximum Gasteiger partial charge on any atom is 0.129 e. The van der Waals surface area contributed by atoms with Gasteiger partial charge in [0.15, 0.2) is 0 Å². The van der Waals surface area contributed by atoms with Crippen LogP contribution in [0.25, 0.3) is 0 Å². The second kappa shape index (κ2) is 9.38. The molecule has 5 rings (SSSR count). The van der Waals surface area contributed by atoms with E-state index >= 15 is 0 Å². The van der Waals surface area contributed by atoms with Crippen molar-refractivity contribution in [2.75, 3.05) is 50.7 Å². The highest BCUT2D eigenvalue weighted by Gasteiger charge is 2.32. The SMILES string of the molecule is N#Cc1ccnc(N2CCN(C[C@H]3C[C@H](c4ccc(CN5CCCC5)cc4)C3)CC2)c1. The summed E-state index contributed by atoms with van der Waals surface area (Å²) in [5, 5.41) is 9.10. The third-order valence-electron chi connectivity index (χ3n) is 7.38. The van der Waals surface area contributed by atoms with Crippen LogP contribution in [0, 0.1) is 17.2 Å². The van der Waals surface area contributed by atoms with Gasteiger partial charge in [-0.2, -0.15) is 5.26 Å². The molecule has 0 spiro atoms.